The Labute approximate surface area is 215 Å². The predicted octanol–water partition coefficient (Wildman–Crippen LogP) is 7.37. The quantitative estimate of drug-likeness (QED) is 0.321. The number of hydrogen-bond donors (Lipinski definition) is 0. The van der Waals surface area contributed by atoms with Crippen LogP contribution < -0.4 is 0 Å². The highest BCUT2D eigenvalue weighted by molar-refractivity contribution is 8.18. The van der Waals surface area contributed by atoms with Gasteiger partial charge in [0.05, 0.1) is 28.7 Å². The van der Waals surface area contributed by atoms with E-state index in [0.717, 1.165) is 43.5 Å². The van der Waals surface area contributed by atoms with Crippen LogP contribution in [0.4, 0.5) is 18.0 Å². The highest BCUT2D eigenvalue weighted by atomic mass is 35.5. The molecule has 1 saturated heterocycles. The SMILES string of the molecule is O=C1S/C(=C\c2ccc3c(cnn3Cc3ccc(Cl)cc3C(F)(F)F)c2)C(=O)N1CC1CCCCC1. The molecule has 188 valence electrons. The zero-order valence-corrected chi connectivity index (χ0v) is 20.8. The molecule has 1 aromatic heterocycles. The van der Waals surface area contributed by atoms with E-state index >= 15 is 0 Å². The van der Waals surface area contributed by atoms with E-state index in [2.05, 4.69) is 5.10 Å². The second-order valence-corrected chi connectivity index (χ2v) is 10.6. The summed E-state index contributed by atoms with van der Waals surface area (Å²) in [6, 6.07) is 9.03. The van der Waals surface area contributed by atoms with Gasteiger partial charge in [-0.05, 0) is 72.0 Å². The number of rotatable bonds is 5. The van der Waals surface area contributed by atoms with Gasteiger partial charge in [0.15, 0.2) is 0 Å². The molecule has 2 amide bonds. The largest absolute Gasteiger partial charge is 0.416 e. The Hall–Kier alpha value is -2.78. The van der Waals surface area contributed by atoms with Crippen molar-refractivity contribution in [1.29, 1.82) is 0 Å². The molecule has 0 unspecified atom stereocenters. The summed E-state index contributed by atoms with van der Waals surface area (Å²) in [5.74, 6) is 0.0982. The maximum atomic E-state index is 13.5. The van der Waals surface area contributed by atoms with Crippen LogP contribution >= 0.6 is 23.4 Å². The first-order valence-electron chi connectivity index (χ1n) is 11.8. The van der Waals surface area contributed by atoms with Crippen LogP contribution in [-0.4, -0.2) is 32.4 Å². The second-order valence-electron chi connectivity index (χ2n) is 9.22. The summed E-state index contributed by atoms with van der Waals surface area (Å²) in [5.41, 5.74) is 0.639. The van der Waals surface area contributed by atoms with Gasteiger partial charge in [0, 0.05) is 17.0 Å². The van der Waals surface area contributed by atoms with Gasteiger partial charge in [0.2, 0.25) is 0 Å². The van der Waals surface area contributed by atoms with E-state index in [4.69, 9.17) is 11.6 Å². The van der Waals surface area contributed by atoms with Gasteiger partial charge in [0.1, 0.15) is 0 Å². The minimum absolute atomic E-state index is 0.0178. The number of halogens is 4. The Balaban J connectivity index is 1.36. The third-order valence-electron chi connectivity index (χ3n) is 6.70. The molecule has 3 aromatic rings. The Morgan fingerprint density at radius 2 is 1.86 bits per heavy atom. The van der Waals surface area contributed by atoms with Crippen molar-refractivity contribution in [2.45, 2.75) is 44.8 Å². The third-order valence-corrected chi connectivity index (χ3v) is 7.84. The van der Waals surface area contributed by atoms with E-state index in [-0.39, 0.29) is 28.3 Å². The van der Waals surface area contributed by atoms with Crippen LogP contribution in [0, 0.1) is 5.92 Å². The molecule has 0 radical (unpaired) electrons. The van der Waals surface area contributed by atoms with E-state index in [1.807, 2.05) is 0 Å². The van der Waals surface area contributed by atoms with Crippen molar-refractivity contribution in [2.24, 2.45) is 5.92 Å². The average molecular weight is 534 g/mol. The normalized spacial score (nSPS) is 18.7. The number of hydrogen-bond acceptors (Lipinski definition) is 4. The summed E-state index contributed by atoms with van der Waals surface area (Å²) in [5, 5.41) is 4.77. The molecule has 2 fully saturated rings. The molecule has 1 aliphatic heterocycles. The minimum Gasteiger partial charge on any atom is -0.268 e. The zero-order valence-electron chi connectivity index (χ0n) is 19.2. The van der Waals surface area contributed by atoms with E-state index in [0.29, 0.717) is 33.8 Å². The summed E-state index contributed by atoms with van der Waals surface area (Å²) in [6.45, 7) is 0.396. The Morgan fingerprint density at radius 1 is 1.08 bits per heavy atom. The van der Waals surface area contributed by atoms with Crippen LogP contribution in [0.5, 0.6) is 0 Å². The Kier molecular flexibility index (Phi) is 6.87. The van der Waals surface area contributed by atoms with Crippen LogP contribution in [0.3, 0.4) is 0 Å². The molecule has 5 nitrogen and oxygen atoms in total. The average Bonchev–Trinajstić information content (AvgIpc) is 3.35. The lowest BCUT2D eigenvalue weighted by molar-refractivity contribution is -0.138. The molecule has 2 aliphatic rings. The molecule has 1 saturated carbocycles. The first kappa shape index (κ1) is 24.9. The number of nitrogens with zero attached hydrogens (tertiary/aromatic N) is 3. The van der Waals surface area contributed by atoms with E-state index < -0.39 is 11.7 Å². The lowest BCUT2D eigenvalue weighted by Crippen LogP contribution is -2.34. The second kappa shape index (κ2) is 9.94. The van der Waals surface area contributed by atoms with Crippen LogP contribution in [0.1, 0.15) is 48.8 Å². The smallest absolute Gasteiger partial charge is 0.268 e. The van der Waals surface area contributed by atoms with Crippen molar-refractivity contribution >= 4 is 51.5 Å². The Bertz CT molecular complexity index is 1360. The predicted molar refractivity (Wildman–Crippen MR) is 135 cm³/mol. The summed E-state index contributed by atoms with van der Waals surface area (Å²) >= 11 is 6.73. The van der Waals surface area contributed by atoms with E-state index in [9.17, 15) is 22.8 Å². The number of thioether (sulfide) groups is 1. The van der Waals surface area contributed by atoms with Crippen molar-refractivity contribution in [2.75, 3.05) is 6.54 Å². The van der Waals surface area contributed by atoms with Crippen LogP contribution in [-0.2, 0) is 17.5 Å². The van der Waals surface area contributed by atoms with Gasteiger partial charge in [-0.1, -0.05) is 43.0 Å². The van der Waals surface area contributed by atoms with Gasteiger partial charge in [-0.3, -0.25) is 19.2 Å². The zero-order chi connectivity index (χ0) is 25.4. The van der Waals surface area contributed by atoms with Gasteiger partial charge in [-0.25, -0.2) is 0 Å². The van der Waals surface area contributed by atoms with Crippen molar-refractivity contribution in [3.63, 3.8) is 0 Å². The topological polar surface area (TPSA) is 55.2 Å². The number of fused-ring (bicyclic) bond motifs is 1. The molecule has 10 heteroatoms. The molecule has 0 atom stereocenters. The highest BCUT2D eigenvalue weighted by Gasteiger charge is 2.36. The van der Waals surface area contributed by atoms with Gasteiger partial charge >= 0.3 is 6.18 Å². The number of amides is 2. The number of carbonyl (C=O) groups is 2. The molecule has 0 bridgehead atoms. The standard InChI is InChI=1S/C26H23ClF3N3O2S/c27-20-8-7-18(21(12-20)26(28,29)30)15-33-22-9-6-17(10-19(22)13-31-33)11-23-24(34)32(25(35)36-23)14-16-4-2-1-3-5-16/h6-13,16H,1-5,14-15H2/b23-11-. The van der Waals surface area contributed by atoms with Crippen LogP contribution in [0.15, 0.2) is 47.5 Å². The van der Waals surface area contributed by atoms with Gasteiger partial charge < -0.3 is 0 Å². The monoisotopic (exact) mass is 533 g/mol. The van der Waals surface area contributed by atoms with E-state index in [1.54, 1.807) is 30.5 Å². The lowest BCUT2D eigenvalue weighted by atomic mass is 9.89. The van der Waals surface area contributed by atoms with Crippen molar-refractivity contribution in [3.05, 3.63) is 69.2 Å². The Morgan fingerprint density at radius 3 is 2.61 bits per heavy atom. The number of benzene rings is 2. The molecule has 36 heavy (non-hydrogen) atoms. The molecule has 1 aliphatic carbocycles. The van der Waals surface area contributed by atoms with Gasteiger partial charge in [0.25, 0.3) is 11.1 Å². The molecule has 5 rings (SSSR count). The first-order valence-corrected chi connectivity index (χ1v) is 12.9. The molecule has 2 heterocycles. The number of imide groups is 1. The fourth-order valence-electron chi connectivity index (χ4n) is 4.87. The third kappa shape index (κ3) is 5.18. The maximum absolute atomic E-state index is 13.5. The van der Waals surface area contributed by atoms with Crippen molar-refractivity contribution in [1.82, 2.24) is 14.7 Å². The molecule has 2 aromatic carbocycles. The summed E-state index contributed by atoms with van der Waals surface area (Å²) in [6.07, 6.45) is 4.30. The minimum atomic E-state index is -4.53. The van der Waals surface area contributed by atoms with Crippen LogP contribution in [0.2, 0.25) is 5.02 Å². The van der Waals surface area contributed by atoms with E-state index in [1.165, 1.54) is 28.1 Å². The number of alkyl halides is 3. The lowest BCUT2D eigenvalue weighted by Gasteiger charge is -2.25. The molecule has 0 spiro atoms. The summed E-state index contributed by atoms with van der Waals surface area (Å²) in [7, 11) is 0. The summed E-state index contributed by atoms with van der Waals surface area (Å²) < 4.78 is 41.9. The molecular weight excluding hydrogens is 511 g/mol. The number of aromatic nitrogens is 2. The van der Waals surface area contributed by atoms with Crippen LogP contribution in [0.25, 0.3) is 17.0 Å². The highest BCUT2D eigenvalue weighted by Crippen LogP contribution is 2.36. The first-order chi connectivity index (χ1) is 17.2. The molecule has 0 N–H and O–H groups in total. The molecular formula is C26H23ClF3N3O2S. The fourth-order valence-corrected chi connectivity index (χ4v) is 5.89. The fraction of sp³-hybridized carbons (Fsp3) is 0.346. The van der Waals surface area contributed by atoms with Crippen molar-refractivity contribution in [3.8, 4) is 0 Å². The van der Waals surface area contributed by atoms with Crippen molar-refractivity contribution < 1.29 is 22.8 Å². The van der Waals surface area contributed by atoms with Gasteiger partial charge in [-0.2, -0.15) is 18.3 Å². The van der Waals surface area contributed by atoms with Gasteiger partial charge in [-0.15, -0.1) is 0 Å². The maximum Gasteiger partial charge on any atom is 0.416 e. The number of carbonyl (C=O) groups excluding carboxylic acids is 2. The summed E-state index contributed by atoms with van der Waals surface area (Å²) in [4.78, 5) is 27.1.